The molecule has 0 nitrogen and oxygen atoms in total. The van der Waals surface area contributed by atoms with Crippen LogP contribution in [0.5, 0.6) is 0 Å². The van der Waals surface area contributed by atoms with E-state index in [2.05, 4.69) is 24.3 Å². The third kappa shape index (κ3) is 2.58. The van der Waals surface area contributed by atoms with Crippen LogP contribution in [0.4, 0.5) is 0 Å². The molecule has 2 fully saturated rings. The molecule has 2 spiro atoms. The molecule has 0 aliphatic heterocycles. The van der Waals surface area contributed by atoms with Crippen molar-refractivity contribution in [3.63, 3.8) is 0 Å². The molecule has 0 bridgehead atoms. The van der Waals surface area contributed by atoms with Gasteiger partial charge in [-0.25, -0.2) is 0 Å². The average molecular weight is 244 g/mol. The van der Waals surface area contributed by atoms with Crippen molar-refractivity contribution in [3.05, 3.63) is 24.3 Å². The molecule has 18 heavy (non-hydrogen) atoms. The average Bonchev–Trinajstić information content (AvgIpc) is 3.00. The van der Waals surface area contributed by atoms with Crippen LogP contribution < -0.4 is 0 Å². The molecule has 0 heteroatoms. The Morgan fingerprint density at radius 2 is 0.833 bits per heavy atom. The summed E-state index contributed by atoms with van der Waals surface area (Å²) in [6.07, 6.45) is 26.9. The molecule has 0 aromatic heterocycles. The zero-order valence-electron chi connectivity index (χ0n) is 11.8. The molecule has 2 saturated carbocycles. The molecule has 0 N–H and O–H groups in total. The quantitative estimate of drug-likeness (QED) is 0.473. The molecule has 0 atom stereocenters. The summed E-state index contributed by atoms with van der Waals surface area (Å²) in [5, 5.41) is 0. The molecular weight excluding hydrogens is 216 g/mol. The van der Waals surface area contributed by atoms with Crippen molar-refractivity contribution >= 4 is 0 Å². The fourth-order valence-corrected chi connectivity index (χ4v) is 4.30. The van der Waals surface area contributed by atoms with Gasteiger partial charge in [0.1, 0.15) is 0 Å². The van der Waals surface area contributed by atoms with Gasteiger partial charge in [0.25, 0.3) is 0 Å². The van der Waals surface area contributed by atoms with Crippen LogP contribution in [0.3, 0.4) is 0 Å². The summed E-state index contributed by atoms with van der Waals surface area (Å²) in [5.74, 6) is 0. The van der Waals surface area contributed by atoms with E-state index in [4.69, 9.17) is 0 Å². The zero-order chi connectivity index (χ0) is 12.3. The Morgan fingerprint density at radius 1 is 0.444 bits per heavy atom. The lowest BCUT2D eigenvalue weighted by Crippen LogP contribution is -2.25. The van der Waals surface area contributed by atoms with E-state index in [1.165, 1.54) is 77.0 Å². The number of hydrogen-bond donors (Lipinski definition) is 0. The highest BCUT2D eigenvalue weighted by molar-refractivity contribution is 5.06. The fourth-order valence-electron chi connectivity index (χ4n) is 4.30. The Bertz CT molecular complexity index is 304. The first-order valence-corrected chi connectivity index (χ1v) is 8.13. The van der Waals surface area contributed by atoms with E-state index in [0.29, 0.717) is 0 Å². The van der Waals surface area contributed by atoms with Gasteiger partial charge in [0, 0.05) is 0 Å². The molecule has 0 saturated heterocycles. The standard InChI is InChI=1S/C10H16.C8H12/c1-2-6-10(7-3-1)8-4-5-9-10;1-2-5-8(4-1)6-3-7-8/h4-5H,1-3,6-9H2;1-2H,3-7H2. The third-order valence-electron chi connectivity index (χ3n) is 5.87. The summed E-state index contributed by atoms with van der Waals surface area (Å²) in [7, 11) is 0. The van der Waals surface area contributed by atoms with Crippen molar-refractivity contribution in [3.8, 4) is 0 Å². The molecule has 4 aliphatic rings. The Balaban J connectivity index is 0.000000114. The summed E-state index contributed by atoms with van der Waals surface area (Å²) in [5.41, 5.74) is 1.57. The molecule has 0 unspecified atom stereocenters. The highest BCUT2D eigenvalue weighted by Gasteiger charge is 2.36. The molecule has 0 aromatic carbocycles. The minimum Gasteiger partial charge on any atom is -0.0880 e. The van der Waals surface area contributed by atoms with E-state index in [-0.39, 0.29) is 0 Å². The lowest BCUT2D eigenvalue weighted by Gasteiger charge is -2.38. The van der Waals surface area contributed by atoms with Crippen LogP contribution in [0.1, 0.15) is 77.0 Å². The Hall–Kier alpha value is -0.520. The molecule has 4 aliphatic carbocycles. The van der Waals surface area contributed by atoms with Gasteiger partial charge in [-0.3, -0.25) is 0 Å². The van der Waals surface area contributed by atoms with Gasteiger partial charge >= 0.3 is 0 Å². The van der Waals surface area contributed by atoms with Crippen molar-refractivity contribution in [2.75, 3.05) is 0 Å². The van der Waals surface area contributed by atoms with Crippen LogP contribution in [-0.2, 0) is 0 Å². The summed E-state index contributed by atoms with van der Waals surface area (Å²) < 4.78 is 0. The van der Waals surface area contributed by atoms with Crippen LogP contribution >= 0.6 is 0 Å². The van der Waals surface area contributed by atoms with Crippen molar-refractivity contribution in [2.24, 2.45) is 10.8 Å². The lowest BCUT2D eigenvalue weighted by molar-refractivity contribution is 0.153. The van der Waals surface area contributed by atoms with Crippen molar-refractivity contribution in [2.45, 2.75) is 77.0 Å². The summed E-state index contributed by atoms with van der Waals surface area (Å²) >= 11 is 0. The topological polar surface area (TPSA) is 0 Å². The lowest BCUT2D eigenvalue weighted by atomic mass is 9.67. The van der Waals surface area contributed by atoms with E-state index in [9.17, 15) is 0 Å². The Kier molecular flexibility index (Phi) is 3.63. The zero-order valence-corrected chi connectivity index (χ0v) is 11.8. The van der Waals surface area contributed by atoms with E-state index in [1.807, 2.05) is 0 Å². The summed E-state index contributed by atoms with van der Waals surface area (Å²) in [6, 6.07) is 0. The Labute approximate surface area is 113 Å². The minimum absolute atomic E-state index is 0.762. The van der Waals surface area contributed by atoms with Gasteiger partial charge in [-0.15, -0.1) is 0 Å². The van der Waals surface area contributed by atoms with Crippen LogP contribution in [0.2, 0.25) is 0 Å². The van der Waals surface area contributed by atoms with Gasteiger partial charge in [0.2, 0.25) is 0 Å². The van der Waals surface area contributed by atoms with Gasteiger partial charge in [-0.2, -0.15) is 0 Å². The molecule has 4 rings (SSSR count). The van der Waals surface area contributed by atoms with Gasteiger partial charge < -0.3 is 0 Å². The van der Waals surface area contributed by atoms with Crippen molar-refractivity contribution < 1.29 is 0 Å². The molecule has 0 heterocycles. The summed E-state index contributed by atoms with van der Waals surface area (Å²) in [6.45, 7) is 0. The number of hydrogen-bond acceptors (Lipinski definition) is 0. The molecule has 0 amide bonds. The van der Waals surface area contributed by atoms with Crippen LogP contribution in [0, 0.1) is 10.8 Å². The smallest absolute Gasteiger partial charge is 0.0228 e. The van der Waals surface area contributed by atoms with E-state index in [0.717, 1.165) is 10.8 Å². The minimum atomic E-state index is 0.762. The summed E-state index contributed by atoms with van der Waals surface area (Å²) in [4.78, 5) is 0. The van der Waals surface area contributed by atoms with Crippen molar-refractivity contribution in [1.82, 2.24) is 0 Å². The first-order chi connectivity index (χ1) is 8.83. The molecular formula is C18H28. The highest BCUT2D eigenvalue weighted by Crippen LogP contribution is 2.50. The van der Waals surface area contributed by atoms with Gasteiger partial charge in [-0.1, -0.05) is 50.0 Å². The van der Waals surface area contributed by atoms with Crippen LogP contribution in [0.15, 0.2) is 24.3 Å². The largest absolute Gasteiger partial charge is 0.0880 e. The fraction of sp³-hybridized carbons (Fsp3) is 0.778. The van der Waals surface area contributed by atoms with E-state index < -0.39 is 0 Å². The number of rotatable bonds is 0. The third-order valence-corrected chi connectivity index (χ3v) is 5.87. The second kappa shape index (κ2) is 5.23. The maximum atomic E-state index is 2.38. The van der Waals surface area contributed by atoms with Gasteiger partial charge in [-0.05, 0) is 62.2 Å². The molecule has 100 valence electrons. The predicted octanol–water partition coefficient (Wildman–Crippen LogP) is 5.79. The van der Waals surface area contributed by atoms with Gasteiger partial charge in [0.05, 0.1) is 0 Å². The second-order valence-corrected chi connectivity index (χ2v) is 7.17. The van der Waals surface area contributed by atoms with Crippen molar-refractivity contribution in [1.29, 1.82) is 0 Å². The first kappa shape index (κ1) is 12.5. The maximum Gasteiger partial charge on any atom is -0.0228 e. The highest BCUT2D eigenvalue weighted by atomic mass is 14.4. The normalized spacial score (nSPS) is 30.2. The van der Waals surface area contributed by atoms with E-state index >= 15 is 0 Å². The Morgan fingerprint density at radius 3 is 1.17 bits per heavy atom. The number of allylic oxidation sites excluding steroid dienone is 4. The van der Waals surface area contributed by atoms with Crippen LogP contribution in [0.25, 0.3) is 0 Å². The SMILES string of the molecule is C1=CCC2(C1)CCC2.C1=CCC2(C1)CCCCC2. The first-order valence-electron chi connectivity index (χ1n) is 8.13. The molecule has 0 aromatic rings. The monoisotopic (exact) mass is 244 g/mol. The van der Waals surface area contributed by atoms with Gasteiger partial charge in [0.15, 0.2) is 0 Å². The molecule has 0 radical (unpaired) electrons. The second-order valence-electron chi connectivity index (χ2n) is 7.17. The van der Waals surface area contributed by atoms with E-state index in [1.54, 1.807) is 0 Å². The predicted molar refractivity (Wildman–Crippen MR) is 78.6 cm³/mol. The van der Waals surface area contributed by atoms with Crippen LogP contribution in [-0.4, -0.2) is 0 Å². The maximum absolute atomic E-state index is 2.38.